The summed E-state index contributed by atoms with van der Waals surface area (Å²) in [6.07, 6.45) is 2.55. The summed E-state index contributed by atoms with van der Waals surface area (Å²) in [5.74, 6) is 0.508. The number of hydrogen-bond donors (Lipinski definition) is 1. The molecule has 0 radical (unpaired) electrons. The number of carbonyl (C=O) groups is 2. The summed E-state index contributed by atoms with van der Waals surface area (Å²) in [7, 11) is 0. The van der Waals surface area contributed by atoms with E-state index in [1.54, 1.807) is 0 Å². The normalized spacial score (nSPS) is 27.8. The summed E-state index contributed by atoms with van der Waals surface area (Å²) in [6.45, 7) is 6.30. The van der Waals surface area contributed by atoms with Crippen LogP contribution in [0.15, 0.2) is 5.16 Å². The molecular weight excluding hydrogens is 270 g/mol. The molecule has 0 aliphatic carbocycles. The van der Waals surface area contributed by atoms with E-state index >= 15 is 0 Å². The van der Waals surface area contributed by atoms with E-state index in [1.807, 2.05) is 4.90 Å². The van der Waals surface area contributed by atoms with Crippen molar-refractivity contribution < 1.29 is 14.4 Å². The van der Waals surface area contributed by atoms with Gasteiger partial charge in [0.1, 0.15) is 0 Å². The Labute approximate surface area is 124 Å². The van der Waals surface area contributed by atoms with Crippen LogP contribution in [0.5, 0.6) is 0 Å². The van der Waals surface area contributed by atoms with Crippen LogP contribution in [0.3, 0.4) is 0 Å². The second-order valence-electron chi connectivity index (χ2n) is 6.81. The van der Waals surface area contributed by atoms with Crippen LogP contribution >= 0.6 is 0 Å². The summed E-state index contributed by atoms with van der Waals surface area (Å²) < 4.78 is 0. The second-order valence-corrected chi connectivity index (χ2v) is 6.81. The van der Waals surface area contributed by atoms with Crippen LogP contribution in [-0.4, -0.2) is 48.2 Å². The van der Waals surface area contributed by atoms with Gasteiger partial charge in [-0.15, -0.1) is 0 Å². The van der Waals surface area contributed by atoms with Crippen LogP contribution in [0.25, 0.3) is 0 Å². The molecule has 1 N–H and O–H groups in total. The first-order valence-electron chi connectivity index (χ1n) is 7.77. The van der Waals surface area contributed by atoms with Crippen molar-refractivity contribution >= 4 is 17.5 Å². The minimum absolute atomic E-state index is 0.0431. The van der Waals surface area contributed by atoms with Gasteiger partial charge in [0, 0.05) is 32.5 Å². The zero-order valence-corrected chi connectivity index (χ0v) is 12.7. The van der Waals surface area contributed by atoms with Gasteiger partial charge in [0.2, 0.25) is 12.0 Å². The van der Waals surface area contributed by atoms with E-state index in [1.165, 1.54) is 0 Å². The summed E-state index contributed by atoms with van der Waals surface area (Å²) in [4.78, 5) is 31.1. The van der Waals surface area contributed by atoms with Crippen molar-refractivity contribution in [2.24, 2.45) is 16.5 Å². The molecule has 3 aliphatic heterocycles. The summed E-state index contributed by atoms with van der Waals surface area (Å²) >= 11 is 0. The highest BCUT2D eigenvalue weighted by Gasteiger charge is 2.43. The number of nitrogens with one attached hydrogen (secondary N) is 1. The molecule has 116 valence electrons. The van der Waals surface area contributed by atoms with E-state index in [2.05, 4.69) is 24.3 Å². The fourth-order valence-corrected chi connectivity index (χ4v) is 3.38. The van der Waals surface area contributed by atoms with Gasteiger partial charge in [-0.3, -0.25) is 9.59 Å². The van der Waals surface area contributed by atoms with Crippen molar-refractivity contribution in [2.45, 2.75) is 45.6 Å². The van der Waals surface area contributed by atoms with Crippen LogP contribution in [0.2, 0.25) is 0 Å². The maximum Gasteiger partial charge on any atom is 0.266 e. The monoisotopic (exact) mass is 293 g/mol. The quantitative estimate of drug-likeness (QED) is 0.823. The van der Waals surface area contributed by atoms with Gasteiger partial charge in [-0.2, -0.15) is 0 Å². The number of rotatable bonds is 2. The Kier molecular flexibility index (Phi) is 3.63. The Balaban J connectivity index is 1.53. The number of hydrogen-bond acceptors (Lipinski definition) is 4. The summed E-state index contributed by atoms with van der Waals surface area (Å²) in [5.41, 5.74) is 1.04. The average molecular weight is 293 g/mol. The lowest BCUT2D eigenvalue weighted by atomic mass is 9.77. The van der Waals surface area contributed by atoms with Crippen molar-refractivity contribution in [2.75, 3.05) is 19.6 Å². The molecule has 0 saturated carbocycles. The van der Waals surface area contributed by atoms with Crippen LogP contribution in [0.1, 0.15) is 39.5 Å². The molecule has 0 bridgehead atoms. The largest absolute Gasteiger partial charge is 0.382 e. The molecule has 6 nitrogen and oxygen atoms in total. The Morgan fingerprint density at radius 3 is 2.67 bits per heavy atom. The number of nitrogens with zero attached hydrogens (tertiary/aromatic N) is 2. The van der Waals surface area contributed by atoms with Crippen molar-refractivity contribution in [1.82, 2.24) is 10.2 Å². The lowest BCUT2D eigenvalue weighted by molar-refractivity contribution is -0.144. The molecule has 2 fully saturated rings. The summed E-state index contributed by atoms with van der Waals surface area (Å²) in [5, 5.41) is 6.94. The molecule has 0 aromatic carbocycles. The zero-order chi connectivity index (χ0) is 15.0. The molecule has 3 rings (SSSR count). The first-order chi connectivity index (χ1) is 9.99. The van der Waals surface area contributed by atoms with E-state index in [0.717, 1.165) is 25.1 Å². The predicted octanol–water partition coefficient (Wildman–Crippen LogP) is 0.916. The average Bonchev–Trinajstić information content (AvgIpc) is 3.07. The van der Waals surface area contributed by atoms with Crippen LogP contribution in [0.4, 0.5) is 0 Å². The molecule has 2 saturated heterocycles. The smallest absolute Gasteiger partial charge is 0.266 e. The standard InChI is InChI=1S/C15H23N3O3/c1-10(2)11-7-12(21-17-11)14(20)18-5-3-15(4-6-18)8-13(19)16-9-15/h10,12H,3-9H2,1-2H3,(H,16,19)/t12-/m1/s1. The number of oxime groups is 1. The minimum atomic E-state index is -0.445. The predicted molar refractivity (Wildman–Crippen MR) is 77.6 cm³/mol. The van der Waals surface area contributed by atoms with Crippen molar-refractivity contribution in [3.8, 4) is 0 Å². The topological polar surface area (TPSA) is 71.0 Å². The van der Waals surface area contributed by atoms with Gasteiger partial charge in [0.05, 0.1) is 5.71 Å². The SMILES string of the molecule is CC(C)C1=NO[C@@H](C(=O)N2CCC3(CC2)CNC(=O)C3)C1. The second kappa shape index (κ2) is 5.31. The Hall–Kier alpha value is -1.59. The lowest BCUT2D eigenvalue weighted by Gasteiger charge is -2.38. The molecule has 3 aliphatic rings. The van der Waals surface area contributed by atoms with E-state index < -0.39 is 6.10 Å². The number of amides is 2. The minimum Gasteiger partial charge on any atom is -0.382 e. The zero-order valence-electron chi connectivity index (χ0n) is 12.7. The molecule has 0 aromatic heterocycles. The van der Waals surface area contributed by atoms with Crippen molar-refractivity contribution in [3.05, 3.63) is 0 Å². The lowest BCUT2D eigenvalue weighted by Crippen LogP contribution is -2.47. The molecule has 6 heteroatoms. The highest BCUT2D eigenvalue weighted by atomic mass is 16.6. The molecule has 3 heterocycles. The van der Waals surface area contributed by atoms with E-state index in [-0.39, 0.29) is 17.2 Å². The first-order valence-corrected chi connectivity index (χ1v) is 7.77. The fourth-order valence-electron chi connectivity index (χ4n) is 3.38. The van der Waals surface area contributed by atoms with Crippen LogP contribution in [0, 0.1) is 11.3 Å². The van der Waals surface area contributed by atoms with E-state index in [9.17, 15) is 9.59 Å². The molecule has 2 amide bonds. The van der Waals surface area contributed by atoms with Gasteiger partial charge >= 0.3 is 0 Å². The third kappa shape index (κ3) is 2.76. The maximum absolute atomic E-state index is 12.5. The number of carbonyl (C=O) groups excluding carboxylic acids is 2. The molecule has 1 atom stereocenters. The highest BCUT2D eigenvalue weighted by molar-refractivity contribution is 5.93. The Morgan fingerprint density at radius 1 is 1.43 bits per heavy atom. The molecule has 0 aromatic rings. The van der Waals surface area contributed by atoms with Gasteiger partial charge in [-0.05, 0) is 24.2 Å². The van der Waals surface area contributed by atoms with Crippen LogP contribution < -0.4 is 5.32 Å². The van der Waals surface area contributed by atoms with Gasteiger partial charge in [-0.1, -0.05) is 19.0 Å². The molecular formula is C15H23N3O3. The van der Waals surface area contributed by atoms with Crippen LogP contribution in [-0.2, 0) is 14.4 Å². The number of piperidine rings is 1. The van der Waals surface area contributed by atoms with Crippen molar-refractivity contribution in [3.63, 3.8) is 0 Å². The molecule has 0 unspecified atom stereocenters. The highest BCUT2D eigenvalue weighted by Crippen LogP contribution is 2.37. The van der Waals surface area contributed by atoms with E-state index in [0.29, 0.717) is 31.8 Å². The Bertz CT molecular complexity index is 479. The third-order valence-electron chi connectivity index (χ3n) is 4.97. The summed E-state index contributed by atoms with van der Waals surface area (Å²) in [6, 6.07) is 0. The molecule has 21 heavy (non-hydrogen) atoms. The molecule has 1 spiro atoms. The van der Waals surface area contributed by atoms with Gasteiger partial charge in [0.15, 0.2) is 0 Å². The first kappa shape index (κ1) is 14.4. The van der Waals surface area contributed by atoms with Gasteiger partial charge in [0.25, 0.3) is 5.91 Å². The van der Waals surface area contributed by atoms with Crippen molar-refractivity contribution in [1.29, 1.82) is 0 Å². The fraction of sp³-hybridized carbons (Fsp3) is 0.800. The number of likely N-dealkylation sites (tertiary alicyclic amines) is 1. The van der Waals surface area contributed by atoms with Gasteiger partial charge < -0.3 is 15.1 Å². The third-order valence-corrected chi connectivity index (χ3v) is 4.97. The van der Waals surface area contributed by atoms with Gasteiger partial charge in [-0.25, -0.2) is 0 Å². The Morgan fingerprint density at radius 2 is 2.14 bits per heavy atom. The maximum atomic E-state index is 12.5. The van der Waals surface area contributed by atoms with E-state index in [4.69, 9.17) is 4.84 Å².